The normalized spacial score (nSPS) is 10.8. The Morgan fingerprint density at radius 3 is 2.44 bits per heavy atom. The number of nitrogens with zero attached hydrogens (tertiary/aromatic N) is 5. The molecule has 0 saturated heterocycles. The Bertz CT molecular complexity index is 1220. The Labute approximate surface area is 186 Å². The minimum absolute atomic E-state index is 0.0376. The van der Waals surface area contributed by atoms with E-state index in [0.717, 1.165) is 16.7 Å². The summed E-state index contributed by atoms with van der Waals surface area (Å²) in [6, 6.07) is 20.8. The molecule has 0 bridgehead atoms. The van der Waals surface area contributed by atoms with E-state index in [1.165, 1.54) is 0 Å². The zero-order valence-electron chi connectivity index (χ0n) is 18.2. The molecular formula is C25H25N5O2. The molecule has 4 aromatic rings. The number of pyridine rings is 1. The van der Waals surface area contributed by atoms with Crippen LogP contribution < -0.4 is 4.90 Å². The summed E-state index contributed by atoms with van der Waals surface area (Å²) < 4.78 is 1.90. The van der Waals surface area contributed by atoms with E-state index in [1.807, 2.05) is 66.1 Å². The van der Waals surface area contributed by atoms with Gasteiger partial charge in [0.05, 0.1) is 23.1 Å². The molecule has 0 radical (unpaired) electrons. The predicted octanol–water partition coefficient (Wildman–Crippen LogP) is 3.76. The van der Waals surface area contributed by atoms with Gasteiger partial charge in [0.15, 0.2) is 0 Å². The molecule has 32 heavy (non-hydrogen) atoms. The largest absolute Gasteiger partial charge is 0.334 e. The van der Waals surface area contributed by atoms with Gasteiger partial charge in [-0.25, -0.2) is 4.98 Å². The van der Waals surface area contributed by atoms with E-state index in [0.29, 0.717) is 17.9 Å². The molecule has 7 heteroatoms. The molecule has 0 N–H and O–H groups in total. The zero-order valence-corrected chi connectivity index (χ0v) is 18.2. The quantitative estimate of drug-likeness (QED) is 0.450. The molecule has 162 valence electrons. The van der Waals surface area contributed by atoms with Crippen LogP contribution in [-0.2, 0) is 17.9 Å². The van der Waals surface area contributed by atoms with Crippen LogP contribution in [-0.4, -0.2) is 44.8 Å². The summed E-state index contributed by atoms with van der Waals surface area (Å²) in [5.41, 5.74) is 3.02. The number of hydrogen-bond acceptors (Lipinski definition) is 4. The minimum atomic E-state index is -0.150. The molecule has 7 nitrogen and oxygen atoms in total. The average Bonchev–Trinajstić information content (AvgIpc) is 3.17. The number of carbonyl (C=O) groups is 2. The number of rotatable bonds is 7. The summed E-state index contributed by atoms with van der Waals surface area (Å²) in [5, 5.41) is 0. The molecule has 0 saturated carbocycles. The molecular weight excluding hydrogens is 402 g/mol. The van der Waals surface area contributed by atoms with E-state index in [-0.39, 0.29) is 24.9 Å². The first-order valence-corrected chi connectivity index (χ1v) is 10.5. The van der Waals surface area contributed by atoms with E-state index < -0.39 is 0 Å². The first-order chi connectivity index (χ1) is 15.6. The monoisotopic (exact) mass is 427 g/mol. The number of imidazole rings is 1. The molecule has 2 heterocycles. The fourth-order valence-corrected chi connectivity index (χ4v) is 3.75. The zero-order chi connectivity index (χ0) is 22.5. The van der Waals surface area contributed by atoms with Gasteiger partial charge in [-0.05, 0) is 43.3 Å². The van der Waals surface area contributed by atoms with E-state index in [4.69, 9.17) is 4.98 Å². The highest BCUT2D eigenvalue weighted by molar-refractivity contribution is 5.95. The second-order valence-electron chi connectivity index (χ2n) is 7.48. The van der Waals surface area contributed by atoms with Crippen molar-refractivity contribution in [2.75, 3.05) is 18.5 Å². The van der Waals surface area contributed by atoms with Crippen molar-refractivity contribution < 1.29 is 9.59 Å². The first-order valence-electron chi connectivity index (χ1n) is 10.5. The van der Waals surface area contributed by atoms with Gasteiger partial charge in [0, 0.05) is 31.7 Å². The highest BCUT2D eigenvalue weighted by atomic mass is 16.2. The van der Waals surface area contributed by atoms with E-state index in [1.54, 1.807) is 41.4 Å². The maximum Gasteiger partial charge on any atom is 0.255 e. The SMILES string of the molecule is CCN(C(=O)Cn1c(CN(C)C(=O)c2cccnc2)nc2ccccc21)c1ccccc1. The van der Waals surface area contributed by atoms with Crippen molar-refractivity contribution in [2.45, 2.75) is 20.0 Å². The van der Waals surface area contributed by atoms with Crippen LogP contribution in [0.4, 0.5) is 5.69 Å². The Morgan fingerprint density at radius 1 is 0.969 bits per heavy atom. The lowest BCUT2D eigenvalue weighted by Crippen LogP contribution is -2.35. The number of fused-ring (bicyclic) bond motifs is 1. The minimum Gasteiger partial charge on any atom is -0.334 e. The Balaban J connectivity index is 1.63. The topological polar surface area (TPSA) is 71.3 Å². The summed E-state index contributed by atoms with van der Waals surface area (Å²) in [5.74, 6) is 0.468. The third kappa shape index (κ3) is 4.37. The van der Waals surface area contributed by atoms with Crippen LogP contribution in [0.5, 0.6) is 0 Å². The molecule has 2 amide bonds. The summed E-state index contributed by atoms with van der Waals surface area (Å²) >= 11 is 0. The number of aromatic nitrogens is 3. The molecule has 0 spiro atoms. The van der Waals surface area contributed by atoms with Gasteiger partial charge in [-0.2, -0.15) is 0 Å². The molecule has 4 rings (SSSR count). The van der Waals surface area contributed by atoms with E-state index >= 15 is 0 Å². The molecule has 0 aliphatic heterocycles. The van der Waals surface area contributed by atoms with Crippen molar-refractivity contribution in [1.82, 2.24) is 19.4 Å². The second kappa shape index (κ2) is 9.43. The predicted molar refractivity (Wildman–Crippen MR) is 124 cm³/mol. The second-order valence-corrected chi connectivity index (χ2v) is 7.48. The third-order valence-corrected chi connectivity index (χ3v) is 5.35. The van der Waals surface area contributed by atoms with Gasteiger partial charge in [-0.15, -0.1) is 0 Å². The summed E-state index contributed by atoms with van der Waals surface area (Å²) in [4.78, 5) is 38.2. The molecule has 0 unspecified atom stereocenters. The fraction of sp³-hybridized carbons (Fsp3) is 0.200. The highest BCUT2D eigenvalue weighted by Crippen LogP contribution is 2.20. The van der Waals surface area contributed by atoms with Crippen LogP contribution >= 0.6 is 0 Å². The average molecular weight is 428 g/mol. The van der Waals surface area contributed by atoms with Gasteiger partial charge in [-0.3, -0.25) is 14.6 Å². The third-order valence-electron chi connectivity index (χ3n) is 5.35. The van der Waals surface area contributed by atoms with Crippen LogP contribution in [0.1, 0.15) is 23.1 Å². The van der Waals surface area contributed by atoms with Crippen molar-refractivity contribution >= 4 is 28.5 Å². The highest BCUT2D eigenvalue weighted by Gasteiger charge is 2.21. The van der Waals surface area contributed by atoms with Crippen molar-refractivity contribution in [3.05, 3.63) is 90.5 Å². The number of likely N-dealkylation sites (N-methyl/N-ethyl adjacent to an activating group) is 1. The van der Waals surface area contributed by atoms with Crippen LogP contribution in [0.15, 0.2) is 79.1 Å². The van der Waals surface area contributed by atoms with Crippen molar-refractivity contribution in [3.63, 3.8) is 0 Å². The Kier molecular flexibility index (Phi) is 6.26. The van der Waals surface area contributed by atoms with Gasteiger partial charge in [0.2, 0.25) is 5.91 Å². The molecule has 0 fully saturated rings. The smallest absolute Gasteiger partial charge is 0.255 e. The van der Waals surface area contributed by atoms with E-state index in [2.05, 4.69) is 4.98 Å². The Morgan fingerprint density at radius 2 is 1.72 bits per heavy atom. The van der Waals surface area contributed by atoms with Gasteiger partial charge >= 0.3 is 0 Å². The van der Waals surface area contributed by atoms with E-state index in [9.17, 15) is 9.59 Å². The lowest BCUT2D eigenvalue weighted by atomic mass is 10.2. The maximum absolute atomic E-state index is 13.3. The lowest BCUT2D eigenvalue weighted by molar-refractivity contribution is -0.119. The number of benzene rings is 2. The number of hydrogen-bond donors (Lipinski definition) is 0. The summed E-state index contributed by atoms with van der Waals surface area (Å²) in [7, 11) is 1.73. The van der Waals surface area contributed by atoms with Crippen LogP contribution in [0.2, 0.25) is 0 Å². The lowest BCUT2D eigenvalue weighted by Gasteiger charge is -2.23. The van der Waals surface area contributed by atoms with Crippen LogP contribution in [0.3, 0.4) is 0 Å². The first kappa shape index (κ1) is 21.2. The summed E-state index contributed by atoms with van der Waals surface area (Å²) in [6.45, 7) is 2.92. The van der Waals surface area contributed by atoms with Crippen LogP contribution in [0.25, 0.3) is 11.0 Å². The number of carbonyl (C=O) groups excluding carboxylic acids is 2. The molecule has 0 atom stereocenters. The fourth-order valence-electron chi connectivity index (χ4n) is 3.75. The summed E-state index contributed by atoms with van der Waals surface area (Å²) in [6.07, 6.45) is 3.18. The van der Waals surface area contributed by atoms with Gasteiger partial charge in [-0.1, -0.05) is 30.3 Å². The van der Waals surface area contributed by atoms with Gasteiger partial charge in [0.25, 0.3) is 5.91 Å². The number of para-hydroxylation sites is 3. The van der Waals surface area contributed by atoms with Crippen molar-refractivity contribution in [1.29, 1.82) is 0 Å². The maximum atomic E-state index is 13.3. The van der Waals surface area contributed by atoms with Crippen molar-refractivity contribution in [2.24, 2.45) is 0 Å². The Hall–Kier alpha value is -4.00. The van der Waals surface area contributed by atoms with Crippen molar-refractivity contribution in [3.8, 4) is 0 Å². The van der Waals surface area contributed by atoms with Gasteiger partial charge < -0.3 is 14.4 Å². The standard InChI is InChI=1S/C25H25N5O2/c1-3-29(20-11-5-4-6-12-20)24(31)18-30-22-14-8-7-13-21(22)27-23(30)17-28(2)25(32)19-10-9-15-26-16-19/h4-16H,3,17-18H2,1-2H3. The van der Waals surface area contributed by atoms with Crippen LogP contribution in [0, 0.1) is 0 Å². The number of amides is 2. The molecule has 2 aromatic carbocycles. The van der Waals surface area contributed by atoms with Gasteiger partial charge in [0.1, 0.15) is 12.4 Å². The number of anilines is 1. The molecule has 2 aromatic heterocycles. The molecule has 0 aliphatic rings. The molecule has 0 aliphatic carbocycles.